The minimum atomic E-state index is -0.0976. The number of Topliss-reactive ketones (excluding diaryl/α,β-unsaturated/α-hetero) is 1. The van der Waals surface area contributed by atoms with Crippen molar-refractivity contribution in [3.05, 3.63) is 23.9 Å². The summed E-state index contributed by atoms with van der Waals surface area (Å²) >= 11 is 5.44. The van der Waals surface area contributed by atoms with Crippen LogP contribution in [0.5, 0.6) is 0 Å². The molecule has 3 nitrogen and oxygen atoms in total. The number of halogens is 1. The Morgan fingerprint density at radius 3 is 2.73 bits per heavy atom. The highest BCUT2D eigenvalue weighted by atomic mass is 35.5. The number of pyridine rings is 1. The average molecular weight is 227 g/mol. The highest BCUT2D eigenvalue weighted by Gasteiger charge is 2.04. The lowest BCUT2D eigenvalue weighted by molar-refractivity contribution is 0.102. The lowest BCUT2D eigenvalue weighted by atomic mass is 10.2. The van der Waals surface area contributed by atoms with E-state index in [1.54, 1.807) is 18.3 Å². The van der Waals surface area contributed by atoms with Gasteiger partial charge in [0.1, 0.15) is 5.82 Å². The summed E-state index contributed by atoms with van der Waals surface area (Å²) in [5.41, 5.74) is 0.556. The van der Waals surface area contributed by atoms with Crippen molar-refractivity contribution in [2.75, 3.05) is 17.7 Å². The number of anilines is 1. The van der Waals surface area contributed by atoms with E-state index < -0.39 is 0 Å². The number of rotatable bonds is 5. The molecule has 0 aromatic carbocycles. The topological polar surface area (TPSA) is 42.0 Å². The second kappa shape index (κ2) is 5.71. The van der Waals surface area contributed by atoms with Crippen molar-refractivity contribution < 1.29 is 4.79 Å². The van der Waals surface area contributed by atoms with Gasteiger partial charge in [0.05, 0.1) is 5.88 Å². The number of hydrogen-bond donors (Lipinski definition) is 1. The molecule has 4 heteroatoms. The summed E-state index contributed by atoms with van der Waals surface area (Å²) < 4.78 is 0. The maximum absolute atomic E-state index is 11.2. The molecule has 0 aliphatic rings. The average Bonchev–Trinajstić information content (AvgIpc) is 2.26. The molecule has 0 aliphatic carbocycles. The summed E-state index contributed by atoms with van der Waals surface area (Å²) in [5.74, 6) is 1.26. The van der Waals surface area contributed by atoms with Crippen molar-refractivity contribution in [3.8, 4) is 0 Å². The van der Waals surface area contributed by atoms with E-state index in [0.29, 0.717) is 11.5 Å². The van der Waals surface area contributed by atoms with Gasteiger partial charge < -0.3 is 5.32 Å². The van der Waals surface area contributed by atoms with E-state index in [4.69, 9.17) is 11.6 Å². The van der Waals surface area contributed by atoms with Gasteiger partial charge in [0, 0.05) is 18.3 Å². The van der Waals surface area contributed by atoms with Gasteiger partial charge in [-0.25, -0.2) is 4.98 Å². The molecule has 1 aromatic rings. The van der Waals surface area contributed by atoms with Gasteiger partial charge in [-0.05, 0) is 18.1 Å². The molecule has 0 bridgehead atoms. The van der Waals surface area contributed by atoms with Crippen LogP contribution in [0.4, 0.5) is 5.82 Å². The Morgan fingerprint density at radius 2 is 2.27 bits per heavy atom. The Bertz CT molecular complexity index is 322. The SMILES string of the molecule is CC(C)CNc1ccc(C(=O)CCl)cn1. The fourth-order valence-corrected chi connectivity index (χ4v) is 1.20. The van der Waals surface area contributed by atoms with Crippen molar-refractivity contribution >= 4 is 23.2 Å². The van der Waals surface area contributed by atoms with Crippen LogP contribution < -0.4 is 5.32 Å². The van der Waals surface area contributed by atoms with Gasteiger partial charge in [-0.1, -0.05) is 13.8 Å². The molecule has 0 atom stereocenters. The van der Waals surface area contributed by atoms with Crippen LogP contribution in [0.15, 0.2) is 18.3 Å². The second-order valence-corrected chi connectivity index (χ2v) is 4.03. The largest absolute Gasteiger partial charge is 0.370 e. The van der Waals surface area contributed by atoms with Crippen LogP contribution >= 0.6 is 11.6 Å². The van der Waals surface area contributed by atoms with Gasteiger partial charge in [-0.2, -0.15) is 0 Å². The molecule has 0 aliphatic heterocycles. The summed E-state index contributed by atoms with van der Waals surface area (Å²) in [6, 6.07) is 3.53. The zero-order valence-corrected chi connectivity index (χ0v) is 9.71. The van der Waals surface area contributed by atoms with Gasteiger partial charge >= 0.3 is 0 Å². The Morgan fingerprint density at radius 1 is 1.53 bits per heavy atom. The first-order valence-corrected chi connectivity index (χ1v) is 5.46. The van der Waals surface area contributed by atoms with Crippen LogP contribution in [0, 0.1) is 5.92 Å². The third-order valence-electron chi connectivity index (χ3n) is 1.90. The molecule has 0 saturated carbocycles. The monoisotopic (exact) mass is 226 g/mol. The highest BCUT2D eigenvalue weighted by Crippen LogP contribution is 2.07. The first kappa shape index (κ1) is 12.0. The van der Waals surface area contributed by atoms with Crippen LogP contribution in [-0.2, 0) is 0 Å². The molecule has 1 aromatic heterocycles. The molecule has 1 rings (SSSR count). The van der Waals surface area contributed by atoms with Gasteiger partial charge in [0.15, 0.2) is 5.78 Å². The summed E-state index contributed by atoms with van der Waals surface area (Å²) in [6.07, 6.45) is 1.55. The van der Waals surface area contributed by atoms with Gasteiger partial charge in [0.25, 0.3) is 0 Å². The number of hydrogen-bond acceptors (Lipinski definition) is 3. The number of nitrogens with one attached hydrogen (secondary N) is 1. The quantitative estimate of drug-likeness (QED) is 0.620. The fourth-order valence-electron chi connectivity index (χ4n) is 1.05. The number of carbonyl (C=O) groups is 1. The van der Waals surface area contributed by atoms with Crippen molar-refractivity contribution in [3.63, 3.8) is 0 Å². The van der Waals surface area contributed by atoms with E-state index in [-0.39, 0.29) is 11.7 Å². The summed E-state index contributed by atoms with van der Waals surface area (Å²) in [7, 11) is 0. The summed E-state index contributed by atoms with van der Waals surface area (Å²) in [4.78, 5) is 15.3. The summed E-state index contributed by atoms with van der Waals surface area (Å²) in [6.45, 7) is 5.12. The van der Waals surface area contributed by atoms with E-state index >= 15 is 0 Å². The van der Waals surface area contributed by atoms with Crippen molar-refractivity contribution in [1.82, 2.24) is 4.98 Å². The number of aromatic nitrogens is 1. The smallest absolute Gasteiger partial charge is 0.179 e. The Labute approximate surface area is 94.9 Å². The van der Waals surface area contributed by atoms with E-state index in [0.717, 1.165) is 12.4 Å². The molecule has 82 valence electrons. The fraction of sp³-hybridized carbons (Fsp3) is 0.455. The Hall–Kier alpha value is -1.09. The number of carbonyl (C=O) groups excluding carboxylic acids is 1. The maximum atomic E-state index is 11.2. The van der Waals surface area contributed by atoms with Crippen molar-refractivity contribution in [2.45, 2.75) is 13.8 Å². The van der Waals surface area contributed by atoms with Crippen LogP contribution in [0.1, 0.15) is 24.2 Å². The van der Waals surface area contributed by atoms with Crippen LogP contribution in [0.25, 0.3) is 0 Å². The lowest BCUT2D eigenvalue weighted by Crippen LogP contribution is -2.09. The van der Waals surface area contributed by atoms with Crippen LogP contribution in [-0.4, -0.2) is 23.2 Å². The molecule has 0 unspecified atom stereocenters. The predicted molar refractivity (Wildman–Crippen MR) is 62.6 cm³/mol. The van der Waals surface area contributed by atoms with Crippen LogP contribution in [0.3, 0.4) is 0 Å². The molecular formula is C11H15ClN2O. The third-order valence-corrected chi connectivity index (χ3v) is 2.14. The number of alkyl halides is 1. The zero-order chi connectivity index (χ0) is 11.3. The molecule has 1 N–H and O–H groups in total. The van der Waals surface area contributed by atoms with Gasteiger partial charge in [0.2, 0.25) is 0 Å². The predicted octanol–water partition coefficient (Wildman–Crippen LogP) is 2.57. The van der Waals surface area contributed by atoms with Crippen LogP contribution in [0.2, 0.25) is 0 Å². The van der Waals surface area contributed by atoms with E-state index in [2.05, 4.69) is 24.1 Å². The maximum Gasteiger partial charge on any atom is 0.179 e. The minimum absolute atomic E-state index is 0.000446. The third kappa shape index (κ3) is 3.88. The molecule has 1 heterocycles. The molecule has 0 radical (unpaired) electrons. The first-order chi connectivity index (χ1) is 7.13. The van der Waals surface area contributed by atoms with Crippen molar-refractivity contribution in [1.29, 1.82) is 0 Å². The second-order valence-electron chi connectivity index (χ2n) is 3.76. The van der Waals surface area contributed by atoms with Crippen molar-refractivity contribution in [2.24, 2.45) is 5.92 Å². The van der Waals surface area contributed by atoms with Gasteiger partial charge in [-0.3, -0.25) is 4.79 Å². The number of ketones is 1. The van der Waals surface area contributed by atoms with E-state index in [1.807, 2.05) is 0 Å². The highest BCUT2D eigenvalue weighted by molar-refractivity contribution is 6.30. The molecule has 0 saturated heterocycles. The zero-order valence-electron chi connectivity index (χ0n) is 8.96. The number of nitrogens with zero attached hydrogens (tertiary/aromatic N) is 1. The van der Waals surface area contributed by atoms with E-state index in [9.17, 15) is 4.79 Å². The molecular weight excluding hydrogens is 212 g/mol. The Kier molecular flexibility index (Phi) is 4.56. The van der Waals surface area contributed by atoms with Gasteiger partial charge in [-0.15, -0.1) is 11.6 Å². The first-order valence-electron chi connectivity index (χ1n) is 4.92. The van der Waals surface area contributed by atoms with E-state index in [1.165, 1.54) is 0 Å². The molecule has 0 fully saturated rings. The Balaban J connectivity index is 2.60. The normalized spacial score (nSPS) is 10.4. The summed E-state index contributed by atoms with van der Waals surface area (Å²) in [5, 5.41) is 3.17. The lowest BCUT2D eigenvalue weighted by Gasteiger charge is -2.07. The molecule has 0 amide bonds. The standard InChI is InChI=1S/C11H15ClN2O/c1-8(2)6-13-11-4-3-9(7-14-11)10(15)5-12/h3-4,7-8H,5-6H2,1-2H3,(H,13,14). The molecule has 0 spiro atoms. The molecule has 15 heavy (non-hydrogen) atoms. The minimum Gasteiger partial charge on any atom is -0.370 e.